The van der Waals surface area contributed by atoms with E-state index in [0.717, 1.165) is 18.7 Å². The Morgan fingerprint density at radius 2 is 2.22 bits per heavy atom. The van der Waals surface area contributed by atoms with E-state index in [2.05, 4.69) is 10.3 Å². The van der Waals surface area contributed by atoms with Crippen molar-refractivity contribution in [1.82, 2.24) is 14.6 Å². The van der Waals surface area contributed by atoms with Crippen molar-refractivity contribution in [1.29, 1.82) is 0 Å². The van der Waals surface area contributed by atoms with Crippen LogP contribution in [0.15, 0.2) is 24.5 Å². The number of nitrogens with zero attached hydrogens (tertiary/aromatic N) is 2. The third kappa shape index (κ3) is 2.88. The number of rotatable bonds is 4. The topological polar surface area (TPSA) is 62.3 Å². The molecule has 1 aromatic rings. The molecule has 0 radical (unpaired) electrons. The van der Waals surface area contributed by atoms with E-state index in [4.69, 9.17) is 0 Å². The van der Waals surface area contributed by atoms with E-state index >= 15 is 0 Å². The number of aromatic nitrogens is 1. The van der Waals surface area contributed by atoms with Crippen LogP contribution in [0.4, 0.5) is 0 Å². The molecule has 0 saturated carbocycles. The first kappa shape index (κ1) is 13.5. The number of hydrogen-bond donors (Lipinski definition) is 1. The predicted octanol–water partition coefficient (Wildman–Crippen LogP) is 0.276. The van der Waals surface area contributed by atoms with Crippen molar-refractivity contribution >= 4 is 10.0 Å². The van der Waals surface area contributed by atoms with Gasteiger partial charge in [0.25, 0.3) is 0 Å². The van der Waals surface area contributed by atoms with Gasteiger partial charge in [-0.15, -0.1) is 0 Å². The van der Waals surface area contributed by atoms with E-state index in [1.54, 1.807) is 20.3 Å². The highest BCUT2D eigenvalue weighted by Crippen LogP contribution is 2.28. The lowest BCUT2D eigenvalue weighted by Gasteiger charge is -2.20. The maximum Gasteiger partial charge on any atom is 0.213 e. The van der Waals surface area contributed by atoms with Gasteiger partial charge in [-0.3, -0.25) is 4.98 Å². The zero-order chi connectivity index (χ0) is 13.2. The molecule has 1 fully saturated rings. The summed E-state index contributed by atoms with van der Waals surface area (Å²) in [7, 11) is 0.0107. The van der Waals surface area contributed by atoms with Gasteiger partial charge in [-0.2, -0.15) is 0 Å². The third-order valence-corrected chi connectivity index (χ3v) is 5.40. The Balaban J connectivity index is 2.14. The molecule has 2 rings (SSSR count). The zero-order valence-corrected chi connectivity index (χ0v) is 11.5. The smallest absolute Gasteiger partial charge is 0.213 e. The highest BCUT2D eigenvalue weighted by atomic mass is 32.2. The lowest BCUT2D eigenvalue weighted by Crippen LogP contribution is -2.31. The summed E-state index contributed by atoms with van der Waals surface area (Å²) in [5.74, 6) is 0.530. The van der Waals surface area contributed by atoms with Gasteiger partial charge in [0.15, 0.2) is 0 Å². The second-order valence-corrected chi connectivity index (χ2v) is 7.10. The van der Waals surface area contributed by atoms with Gasteiger partial charge in [0.1, 0.15) is 0 Å². The van der Waals surface area contributed by atoms with Crippen LogP contribution in [0.1, 0.15) is 11.5 Å². The molecule has 0 aliphatic carbocycles. The fraction of sp³-hybridized carbons (Fsp3) is 0.583. The SMILES string of the molecule is CN(C)S(=O)(=O)CC1CNCC1c1cccnc1. The molecule has 2 heterocycles. The third-order valence-electron chi connectivity index (χ3n) is 3.43. The first-order chi connectivity index (χ1) is 8.50. The monoisotopic (exact) mass is 269 g/mol. The van der Waals surface area contributed by atoms with Gasteiger partial charge in [0.2, 0.25) is 10.0 Å². The quantitative estimate of drug-likeness (QED) is 0.852. The summed E-state index contributed by atoms with van der Waals surface area (Å²) in [4.78, 5) is 4.11. The van der Waals surface area contributed by atoms with Crippen molar-refractivity contribution in [2.75, 3.05) is 32.9 Å². The lowest BCUT2D eigenvalue weighted by molar-refractivity contribution is 0.492. The summed E-state index contributed by atoms with van der Waals surface area (Å²) in [5, 5.41) is 3.27. The fourth-order valence-corrected chi connectivity index (χ4v) is 3.50. The zero-order valence-electron chi connectivity index (χ0n) is 10.7. The molecule has 0 amide bonds. The standard InChI is InChI=1S/C12H19N3O2S/c1-15(2)18(16,17)9-11-7-14-8-12(11)10-4-3-5-13-6-10/h3-6,11-12,14H,7-9H2,1-2H3. The second-order valence-electron chi connectivity index (χ2n) is 4.87. The van der Waals surface area contributed by atoms with Crippen LogP contribution in [0, 0.1) is 5.92 Å². The largest absolute Gasteiger partial charge is 0.316 e. The van der Waals surface area contributed by atoms with Crippen LogP contribution in [0.25, 0.3) is 0 Å². The molecule has 0 aromatic carbocycles. The summed E-state index contributed by atoms with van der Waals surface area (Å²) in [5.41, 5.74) is 1.11. The minimum Gasteiger partial charge on any atom is -0.316 e. The van der Waals surface area contributed by atoms with Crippen molar-refractivity contribution in [2.45, 2.75) is 5.92 Å². The number of sulfonamides is 1. The molecular weight excluding hydrogens is 250 g/mol. The van der Waals surface area contributed by atoms with Crippen LogP contribution in [0.5, 0.6) is 0 Å². The molecule has 5 nitrogen and oxygen atoms in total. The molecule has 2 unspecified atom stereocenters. The van der Waals surface area contributed by atoms with Crippen molar-refractivity contribution < 1.29 is 8.42 Å². The fourth-order valence-electron chi connectivity index (χ4n) is 2.31. The van der Waals surface area contributed by atoms with Gasteiger partial charge in [0.05, 0.1) is 5.75 Å². The predicted molar refractivity (Wildman–Crippen MR) is 70.8 cm³/mol. The molecule has 6 heteroatoms. The molecule has 100 valence electrons. The van der Waals surface area contributed by atoms with Gasteiger partial charge in [-0.1, -0.05) is 6.07 Å². The summed E-state index contributed by atoms with van der Waals surface area (Å²) < 4.78 is 25.2. The average molecular weight is 269 g/mol. The second kappa shape index (κ2) is 5.34. The van der Waals surface area contributed by atoms with Crippen molar-refractivity contribution in [3.63, 3.8) is 0 Å². The van der Waals surface area contributed by atoms with E-state index in [1.165, 1.54) is 4.31 Å². The Morgan fingerprint density at radius 3 is 2.83 bits per heavy atom. The minimum atomic E-state index is -3.15. The minimum absolute atomic E-state index is 0.113. The number of pyridine rings is 1. The lowest BCUT2D eigenvalue weighted by atomic mass is 9.91. The van der Waals surface area contributed by atoms with Gasteiger partial charge >= 0.3 is 0 Å². The van der Waals surface area contributed by atoms with Crippen LogP contribution < -0.4 is 5.32 Å². The van der Waals surface area contributed by atoms with E-state index in [1.807, 2.05) is 18.3 Å². The van der Waals surface area contributed by atoms with Gasteiger partial charge in [-0.05, 0) is 24.1 Å². The van der Waals surface area contributed by atoms with Crippen LogP contribution >= 0.6 is 0 Å². The van der Waals surface area contributed by atoms with E-state index in [-0.39, 0.29) is 17.6 Å². The Bertz CT molecular complexity index is 487. The van der Waals surface area contributed by atoms with Crippen molar-refractivity contribution in [3.05, 3.63) is 30.1 Å². The highest BCUT2D eigenvalue weighted by Gasteiger charge is 2.33. The summed E-state index contributed by atoms with van der Waals surface area (Å²) >= 11 is 0. The Labute approximate surface area is 108 Å². The summed E-state index contributed by atoms with van der Waals surface area (Å²) in [6, 6.07) is 3.91. The first-order valence-corrected chi connectivity index (χ1v) is 7.62. The van der Waals surface area contributed by atoms with Crippen LogP contribution in [0.2, 0.25) is 0 Å². The van der Waals surface area contributed by atoms with Crippen molar-refractivity contribution in [2.24, 2.45) is 5.92 Å². The normalized spacial score (nSPS) is 24.6. The first-order valence-electron chi connectivity index (χ1n) is 6.01. The highest BCUT2D eigenvalue weighted by molar-refractivity contribution is 7.89. The summed E-state index contributed by atoms with van der Waals surface area (Å²) in [6.07, 6.45) is 3.56. The van der Waals surface area contributed by atoms with Gasteiger partial charge in [-0.25, -0.2) is 12.7 Å². The maximum atomic E-state index is 11.9. The number of nitrogens with one attached hydrogen (secondary N) is 1. The Morgan fingerprint density at radius 1 is 1.44 bits per heavy atom. The summed E-state index contributed by atoms with van der Waals surface area (Å²) in [6.45, 7) is 1.56. The number of hydrogen-bond acceptors (Lipinski definition) is 4. The maximum absolute atomic E-state index is 11.9. The molecule has 1 aliphatic heterocycles. The van der Waals surface area contributed by atoms with Gasteiger partial charge < -0.3 is 5.32 Å². The van der Waals surface area contributed by atoms with E-state index in [0.29, 0.717) is 0 Å². The molecule has 18 heavy (non-hydrogen) atoms. The van der Waals surface area contributed by atoms with Crippen molar-refractivity contribution in [3.8, 4) is 0 Å². The molecule has 0 bridgehead atoms. The molecule has 1 saturated heterocycles. The van der Waals surface area contributed by atoms with Crippen LogP contribution in [0.3, 0.4) is 0 Å². The van der Waals surface area contributed by atoms with E-state index in [9.17, 15) is 8.42 Å². The molecule has 1 N–H and O–H groups in total. The molecular formula is C12H19N3O2S. The average Bonchev–Trinajstić information content (AvgIpc) is 2.77. The van der Waals surface area contributed by atoms with Crippen LogP contribution in [-0.2, 0) is 10.0 Å². The molecule has 0 spiro atoms. The Kier molecular flexibility index (Phi) is 3.99. The Hall–Kier alpha value is -0.980. The molecule has 1 aliphatic rings. The van der Waals surface area contributed by atoms with Crippen LogP contribution in [-0.4, -0.2) is 50.6 Å². The molecule has 2 atom stereocenters. The van der Waals surface area contributed by atoms with Gasteiger partial charge in [0, 0.05) is 39.0 Å². The van der Waals surface area contributed by atoms with E-state index < -0.39 is 10.0 Å². The molecule has 1 aromatic heterocycles.